The maximum atomic E-state index is 12.7. The molecule has 1 aromatic heterocycles. The minimum atomic E-state index is -0.0503. The molecule has 1 aliphatic heterocycles. The van der Waals surface area contributed by atoms with E-state index in [1.807, 2.05) is 24.3 Å². The standard InChI is InChI=1S/C25H38N4O2S/c1-18-14-19(2)16-28(15-18)25(3,4)17-26-22(30)12-6-5-9-13-29-23(31)20-10-7-8-11-21(20)27-24(29)32/h7-8,10-11,18-19H,5-6,9,12-17H2,1-4H3,(H,26,30)(H,27,32). The van der Waals surface area contributed by atoms with Crippen molar-refractivity contribution in [3.63, 3.8) is 0 Å². The molecule has 6 nitrogen and oxygen atoms in total. The fourth-order valence-corrected chi connectivity index (χ4v) is 5.09. The number of aromatic amines is 1. The predicted octanol–water partition coefficient (Wildman–Crippen LogP) is 4.49. The third kappa shape index (κ3) is 6.29. The van der Waals surface area contributed by atoms with Crippen LogP contribution in [0.2, 0.25) is 0 Å². The largest absolute Gasteiger partial charge is 0.354 e. The van der Waals surface area contributed by atoms with Crippen LogP contribution in [0.25, 0.3) is 10.9 Å². The van der Waals surface area contributed by atoms with E-state index in [0.29, 0.717) is 41.5 Å². The number of carbonyl (C=O) groups excluding carboxylic acids is 1. The molecule has 0 aliphatic carbocycles. The second-order valence-corrected chi connectivity index (χ2v) is 10.6. The number of para-hydroxylation sites is 1. The maximum absolute atomic E-state index is 12.7. The number of hydrogen-bond acceptors (Lipinski definition) is 4. The number of unbranched alkanes of at least 4 members (excludes halogenated alkanes) is 2. The Balaban J connectivity index is 1.41. The third-order valence-electron chi connectivity index (χ3n) is 6.62. The quantitative estimate of drug-likeness (QED) is 0.429. The highest BCUT2D eigenvalue weighted by atomic mass is 32.1. The molecule has 2 aromatic rings. The molecule has 2 atom stereocenters. The van der Waals surface area contributed by atoms with Gasteiger partial charge in [0.2, 0.25) is 5.91 Å². The average molecular weight is 459 g/mol. The molecule has 0 bridgehead atoms. The molecular weight excluding hydrogens is 420 g/mol. The van der Waals surface area contributed by atoms with E-state index < -0.39 is 0 Å². The first-order chi connectivity index (χ1) is 15.2. The molecule has 176 valence electrons. The lowest BCUT2D eigenvalue weighted by Gasteiger charge is -2.45. The molecule has 32 heavy (non-hydrogen) atoms. The smallest absolute Gasteiger partial charge is 0.262 e. The van der Waals surface area contributed by atoms with Crippen molar-refractivity contribution in [2.24, 2.45) is 11.8 Å². The summed E-state index contributed by atoms with van der Waals surface area (Å²) in [4.78, 5) is 30.7. The van der Waals surface area contributed by atoms with Crippen LogP contribution in [-0.4, -0.2) is 45.5 Å². The van der Waals surface area contributed by atoms with Crippen LogP contribution in [0.3, 0.4) is 0 Å². The zero-order chi connectivity index (χ0) is 23.3. The highest BCUT2D eigenvalue weighted by Gasteiger charge is 2.32. The van der Waals surface area contributed by atoms with Crippen LogP contribution in [0.15, 0.2) is 29.1 Å². The van der Waals surface area contributed by atoms with Crippen LogP contribution in [0.5, 0.6) is 0 Å². The minimum absolute atomic E-state index is 0.0355. The van der Waals surface area contributed by atoms with E-state index in [4.69, 9.17) is 12.2 Å². The Morgan fingerprint density at radius 3 is 2.56 bits per heavy atom. The van der Waals surface area contributed by atoms with Crippen molar-refractivity contribution < 1.29 is 4.79 Å². The van der Waals surface area contributed by atoms with E-state index in [1.165, 1.54) is 6.42 Å². The Kier molecular flexibility index (Phi) is 8.28. The van der Waals surface area contributed by atoms with Gasteiger partial charge in [-0.05, 0) is 69.3 Å². The van der Waals surface area contributed by atoms with Crippen molar-refractivity contribution in [1.29, 1.82) is 0 Å². The summed E-state index contributed by atoms with van der Waals surface area (Å²) < 4.78 is 2.08. The van der Waals surface area contributed by atoms with Crippen molar-refractivity contribution >= 4 is 29.0 Å². The van der Waals surface area contributed by atoms with E-state index in [0.717, 1.165) is 37.9 Å². The number of likely N-dealkylation sites (tertiary alicyclic amines) is 1. The van der Waals surface area contributed by atoms with Crippen molar-refractivity contribution in [2.75, 3.05) is 19.6 Å². The van der Waals surface area contributed by atoms with Crippen LogP contribution in [0.1, 0.15) is 59.8 Å². The second kappa shape index (κ2) is 10.8. The number of amides is 1. The summed E-state index contributed by atoms with van der Waals surface area (Å²) in [5, 5.41) is 3.79. The van der Waals surface area contributed by atoms with Gasteiger partial charge in [0.15, 0.2) is 4.77 Å². The number of rotatable bonds is 9. The molecule has 0 saturated carbocycles. The fraction of sp³-hybridized carbons (Fsp3) is 0.640. The van der Waals surface area contributed by atoms with Gasteiger partial charge in [-0.2, -0.15) is 0 Å². The van der Waals surface area contributed by atoms with Gasteiger partial charge >= 0.3 is 0 Å². The molecule has 0 spiro atoms. The van der Waals surface area contributed by atoms with Crippen LogP contribution in [0.4, 0.5) is 0 Å². The summed E-state index contributed by atoms with van der Waals surface area (Å²) in [5.74, 6) is 1.52. The van der Waals surface area contributed by atoms with Crippen molar-refractivity contribution in [1.82, 2.24) is 19.8 Å². The van der Waals surface area contributed by atoms with Crippen molar-refractivity contribution in [2.45, 2.75) is 71.9 Å². The number of benzene rings is 1. The van der Waals surface area contributed by atoms with Gasteiger partial charge in [-0.1, -0.05) is 32.4 Å². The summed E-state index contributed by atoms with van der Waals surface area (Å²) in [7, 11) is 0. The topological polar surface area (TPSA) is 70.1 Å². The first-order valence-electron chi connectivity index (χ1n) is 11.9. The lowest BCUT2D eigenvalue weighted by atomic mass is 9.88. The minimum Gasteiger partial charge on any atom is -0.354 e. The van der Waals surface area contributed by atoms with Gasteiger partial charge in [0.1, 0.15) is 0 Å². The van der Waals surface area contributed by atoms with E-state index >= 15 is 0 Å². The van der Waals surface area contributed by atoms with Crippen LogP contribution >= 0.6 is 12.2 Å². The first-order valence-corrected chi connectivity index (χ1v) is 12.3. The highest BCUT2D eigenvalue weighted by molar-refractivity contribution is 7.71. The van der Waals surface area contributed by atoms with Crippen LogP contribution in [0, 0.1) is 16.6 Å². The van der Waals surface area contributed by atoms with Gasteiger partial charge in [-0.25, -0.2) is 0 Å². The van der Waals surface area contributed by atoms with Gasteiger partial charge in [-0.3, -0.25) is 19.1 Å². The Hall–Kier alpha value is -1.99. The van der Waals surface area contributed by atoms with Gasteiger partial charge in [0, 0.05) is 38.1 Å². The van der Waals surface area contributed by atoms with Crippen LogP contribution < -0.4 is 10.9 Å². The monoisotopic (exact) mass is 458 g/mol. The molecule has 0 radical (unpaired) electrons. The Bertz CT molecular complexity index is 1030. The Morgan fingerprint density at radius 1 is 1.16 bits per heavy atom. The lowest BCUT2D eigenvalue weighted by molar-refractivity contribution is -0.121. The Morgan fingerprint density at radius 2 is 1.84 bits per heavy atom. The van der Waals surface area contributed by atoms with Gasteiger partial charge in [0.25, 0.3) is 5.56 Å². The molecular formula is C25H38N4O2S. The van der Waals surface area contributed by atoms with E-state index in [9.17, 15) is 9.59 Å². The number of nitrogens with one attached hydrogen (secondary N) is 2. The summed E-state index contributed by atoms with van der Waals surface area (Å²) >= 11 is 5.36. The molecule has 2 unspecified atom stereocenters. The molecule has 2 heterocycles. The zero-order valence-electron chi connectivity index (χ0n) is 19.9. The molecule has 1 aromatic carbocycles. The highest BCUT2D eigenvalue weighted by Crippen LogP contribution is 2.26. The number of hydrogen-bond donors (Lipinski definition) is 2. The molecule has 7 heteroatoms. The average Bonchev–Trinajstić information content (AvgIpc) is 2.73. The first kappa shape index (κ1) is 24.6. The Labute approximate surface area is 196 Å². The third-order valence-corrected chi connectivity index (χ3v) is 6.94. The maximum Gasteiger partial charge on any atom is 0.262 e. The number of fused-ring (bicyclic) bond motifs is 1. The SMILES string of the molecule is CC1CC(C)CN(C(C)(C)CNC(=O)CCCCCn2c(=S)[nH]c3ccccc3c2=O)C1. The number of H-pyrrole nitrogens is 1. The van der Waals surface area contributed by atoms with Crippen molar-refractivity contribution in [3.05, 3.63) is 39.4 Å². The number of carbonyl (C=O) groups is 1. The molecule has 1 amide bonds. The lowest BCUT2D eigenvalue weighted by Crippen LogP contribution is -2.56. The number of piperidine rings is 1. The van der Waals surface area contributed by atoms with E-state index in [-0.39, 0.29) is 17.0 Å². The summed E-state index contributed by atoms with van der Waals surface area (Å²) in [5.41, 5.74) is 0.684. The number of nitrogens with zero attached hydrogens (tertiary/aromatic N) is 2. The zero-order valence-corrected chi connectivity index (χ0v) is 20.8. The normalized spacial score (nSPS) is 19.9. The molecule has 2 N–H and O–H groups in total. The summed E-state index contributed by atoms with van der Waals surface area (Å²) in [6.07, 6.45) is 4.31. The van der Waals surface area contributed by atoms with Crippen molar-refractivity contribution in [3.8, 4) is 0 Å². The predicted molar refractivity (Wildman–Crippen MR) is 133 cm³/mol. The summed E-state index contributed by atoms with van der Waals surface area (Å²) in [6.45, 7) is 12.5. The van der Waals surface area contributed by atoms with Gasteiger partial charge < -0.3 is 10.3 Å². The van der Waals surface area contributed by atoms with Crippen LogP contribution in [-0.2, 0) is 11.3 Å². The van der Waals surface area contributed by atoms with E-state index in [1.54, 1.807) is 4.57 Å². The molecule has 1 aliphatic rings. The molecule has 3 rings (SSSR count). The molecule has 1 fully saturated rings. The van der Waals surface area contributed by atoms with E-state index in [2.05, 4.69) is 42.9 Å². The van der Waals surface area contributed by atoms with Gasteiger partial charge in [0.05, 0.1) is 10.9 Å². The summed E-state index contributed by atoms with van der Waals surface area (Å²) in [6, 6.07) is 7.42. The fourth-order valence-electron chi connectivity index (χ4n) is 4.81. The molecule has 1 saturated heterocycles. The number of aromatic nitrogens is 2. The second-order valence-electron chi connectivity index (χ2n) is 10.2. The van der Waals surface area contributed by atoms with Gasteiger partial charge in [-0.15, -0.1) is 0 Å².